The van der Waals surface area contributed by atoms with E-state index in [1.807, 2.05) is 52.7 Å². The summed E-state index contributed by atoms with van der Waals surface area (Å²) in [5.41, 5.74) is 5.66. The summed E-state index contributed by atoms with van der Waals surface area (Å²) in [5.74, 6) is 1.05. The van der Waals surface area contributed by atoms with Gasteiger partial charge < -0.3 is 14.0 Å². The van der Waals surface area contributed by atoms with Crippen LogP contribution in [0.1, 0.15) is 0 Å². The second-order valence-corrected chi connectivity index (χ2v) is 7.28. The summed E-state index contributed by atoms with van der Waals surface area (Å²) < 4.78 is 14.1. The molecule has 33 heavy (non-hydrogen) atoms. The topological polar surface area (TPSA) is 103 Å². The molecule has 0 unspecified atom stereocenters. The Labute approximate surface area is 188 Å². The maximum Gasteiger partial charge on any atom is 0.226 e. The highest BCUT2D eigenvalue weighted by Gasteiger charge is 2.16. The number of fused-ring (bicyclic) bond motifs is 3. The highest BCUT2D eigenvalue weighted by Crippen LogP contribution is 2.30. The molecule has 0 atom stereocenters. The number of nitrogens with zero attached hydrogens (tertiary/aromatic N) is 7. The van der Waals surface area contributed by atoms with Crippen LogP contribution in [0, 0.1) is 11.5 Å². The van der Waals surface area contributed by atoms with Crippen LogP contribution in [0.25, 0.3) is 38.8 Å². The summed E-state index contributed by atoms with van der Waals surface area (Å²) >= 11 is 0. The van der Waals surface area contributed by atoms with Crippen LogP contribution in [-0.2, 0) is 7.05 Å². The van der Waals surface area contributed by atoms with Crippen molar-refractivity contribution in [2.45, 2.75) is 0 Å². The zero-order valence-electron chi connectivity index (χ0n) is 18.2. The Bertz CT molecular complexity index is 1590. The summed E-state index contributed by atoms with van der Waals surface area (Å²) in [7, 11) is 5.02. The van der Waals surface area contributed by atoms with Gasteiger partial charge in [0, 0.05) is 36.3 Å². The van der Waals surface area contributed by atoms with E-state index in [0.29, 0.717) is 17.4 Å². The number of benzene rings is 1. The molecule has 0 saturated heterocycles. The molecule has 4 heterocycles. The molecule has 0 bridgehead atoms. The SMILES string of the molecule is COc1ccc(-c2ccc3ncc4c(c3c2)n(-c2ccc(OC)nc2)/c(=N\C#N)n4C)cn1. The third-order valence-corrected chi connectivity index (χ3v) is 5.52. The van der Waals surface area contributed by atoms with Gasteiger partial charge in [0.2, 0.25) is 23.6 Å². The standard InChI is InChI=1S/C24H19N7O2/c1-30-20-13-26-19-7-4-15(16-5-8-21(32-2)27-11-16)10-18(19)23(20)31(24(30)29-14-25)17-6-9-22(33-3)28-12-17/h4-13H,1-3H3/b29-24-. The lowest BCUT2D eigenvalue weighted by Crippen LogP contribution is -2.22. The van der Waals surface area contributed by atoms with Gasteiger partial charge in [0.25, 0.3) is 0 Å². The summed E-state index contributed by atoms with van der Waals surface area (Å²) in [6.07, 6.45) is 7.17. The molecule has 5 rings (SSSR count). The Morgan fingerprint density at radius 2 is 1.61 bits per heavy atom. The van der Waals surface area contributed by atoms with Gasteiger partial charge in [-0.1, -0.05) is 6.07 Å². The number of nitriles is 1. The van der Waals surface area contributed by atoms with Crippen LogP contribution in [0.3, 0.4) is 0 Å². The Kier molecular flexibility index (Phi) is 4.95. The van der Waals surface area contributed by atoms with Gasteiger partial charge in [-0.15, -0.1) is 4.99 Å². The minimum atomic E-state index is 0.463. The van der Waals surface area contributed by atoms with Gasteiger partial charge in [0.15, 0.2) is 0 Å². The van der Waals surface area contributed by atoms with Crippen molar-refractivity contribution in [3.63, 3.8) is 0 Å². The van der Waals surface area contributed by atoms with Crippen molar-refractivity contribution in [3.8, 4) is 34.8 Å². The molecule has 0 aliphatic heterocycles. The molecule has 0 amide bonds. The van der Waals surface area contributed by atoms with Gasteiger partial charge >= 0.3 is 0 Å². The molecular weight excluding hydrogens is 418 g/mol. The second-order valence-electron chi connectivity index (χ2n) is 7.28. The Hall–Kier alpha value is -4.71. The number of methoxy groups -OCH3 is 2. The average Bonchev–Trinajstić information content (AvgIpc) is 3.16. The lowest BCUT2D eigenvalue weighted by atomic mass is 10.0. The largest absolute Gasteiger partial charge is 0.481 e. The number of hydrogen-bond donors (Lipinski definition) is 0. The molecule has 0 spiro atoms. The number of aryl methyl sites for hydroxylation is 1. The van der Waals surface area contributed by atoms with E-state index in [2.05, 4.69) is 26.0 Å². The number of hydrogen-bond acceptors (Lipinski definition) is 7. The van der Waals surface area contributed by atoms with Gasteiger partial charge in [0.05, 0.1) is 48.9 Å². The number of pyridine rings is 3. The molecular formula is C24H19N7O2. The Morgan fingerprint density at radius 3 is 2.24 bits per heavy atom. The monoisotopic (exact) mass is 437 g/mol. The summed E-state index contributed by atoms with van der Waals surface area (Å²) in [5, 5.41) is 10.3. The molecule has 162 valence electrons. The summed E-state index contributed by atoms with van der Waals surface area (Å²) in [6, 6.07) is 13.5. The van der Waals surface area contributed by atoms with Crippen LogP contribution in [0.15, 0.2) is 66.0 Å². The highest BCUT2D eigenvalue weighted by molar-refractivity contribution is 6.04. The van der Waals surface area contributed by atoms with Crippen molar-refractivity contribution in [3.05, 3.63) is 66.7 Å². The fraction of sp³-hybridized carbons (Fsp3) is 0.125. The van der Waals surface area contributed by atoms with E-state index in [-0.39, 0.29) is 0 Å². The first-order valence-electron chi connectivity index (χ1n) is 10.1. The third kappa shape index (κ3) is 3.34. The second kappa shape index (κ2) is 8.09. The zero-order chi connectivity index (χ0) is 22.9. The molecule has 1 aromatic carbocycles. The molecule has 0 N–H and O–H groups in total. The van der Waals surface area contributed by atoms with Crippen LogP contribution in [0.5, 0.6) is 11.8 Å². The zero-order valence-corrected chi connectivity index (χ0v) is 18.2. The van der Waals surface area contributed by atoms with Crippen molar-refractivity contribution >= 4 is 21.9 Å². The minimum Gasteiger partial charge on any atom is -0.481 e. The average molecular weight is 437 g/mol. The van der Waals surface area contributed by atoms with Crippen LogP contribution >= 0.6 is 0 Å². The molecule has 5 aromatic rings. The van der Waals surface area contributed by atoms with Crippen molar-refractivity contribution in [1.82, 2.24) is 24.1 Å². The van der Waals surface area contributed by atoms with Crippen molar-refractivity contribution < 1.29 is 9.47 Å². The van der Waals surface area contributed by atoms with Crippen molar-refractivity contribution in [1.29, 1.82) is 5.26 Å². The number of aromatic nitrogens is 5. The molecule has 0 aliphatic carbocycles. The molecule has 9 heteroatoms. The quantitative estimate of drug-likeness (QED) is 0.399. The molecule has 0 radical (unpaired) electrons. The van der Waals surface area contributed by atoms with E-state index >= 15 is 0 Å². The number of ether oxygens (including phenoxy) is 2. The van der Waals surface area contributed by atoms with Crippen LogP contribution in [-0.4, -0.2) is 38.3 Å². The first-order chi connectivity index (χ1) is 16.1. The smallest absolute Gasteiger partial charge is 0.226 e. The lowest BCUT2D eigenvalue weighted by molar-refractivity contribution is 0.397. The fourth-order valence-electron chi connectivity index (χ4n) is 3.90. The molecule has 0 fully saturated rings. The van der Waals surface area contributed by atoms with Crippen LogP contribution in [0.4, 0.5) is 0 Å². The molecule has 0 aliphatic rings. The predicted octanol–water partition coefficient (Wildman–Crippen LogP) is 3.37. The van der Waals surface area contributed by atoms with Crippen molar-refractivity contribution in [2.24, 2.45) is 12.0 Å². The van der Waals surface area contributed by atoms with E-state index in [1.165, 1.54) is 0 Å². The van der Waals surface area contributed by atoms with Gasteiger partial charge in [0.1, 0.15) is 0 Å². The van der Waals surface area contributed by atoms with Crippen molar-refractivity contribution in [2.75, 3.05) is 14.2 Å². The molecule has 4 aromatic heterocycles. The predicted molar refractivity (Wildman–Crippen MR) is 123 cm³/mol. The summed E-state index contributed by atoms with van der Waals surface area (Å²) in [4.78, 5) is 17.4. The van der Waals surface area contributed by atoms with Gasteiger partial charge in [-0.05, 0) is 29.8 Å². The van der Waals surface area contributed by atoms with Crippen LogP contribution < -0.4 is 15.1 Å². The highest BCUT2D eigenvalue weighted by atomic mass is 16.5. The van der Waals surface area contributed by atoms with E-state index in [1.54, 1.807) is 38.9 Å². The lowest BCUT2D eigenvalue weighted by Gasteiger charge is -2.09. The summed E-state index contributed by atoms with van der Waals surface area (Å²) in [6.45, 7) is 0. The number of rotatable bonds is 4. The van der Waals surface area contributed by atoms with E-state index in [9.17, 15) is 5.26 Å². The van der Waals surface area contributed by atoms with E-state index < -0.39 is 0 Å². The Morgan fingerprint density at radius 1 is 0.879 bits per heavy atom. The Balaban J connectivity index is 1.84. The maximum atomic E-state index is 9.36. The first kappa shape index (κ1) is 20.2. The minimum absolute atomic E-state index is 0.463. The van der Waals surface area contributed by atoms with Gasteiger partial charge in [-0.25, -0.2) is 9.97 Å². The molecule has 9 nitrogen and oxygen atoms in total. The normalized spacial score (nSPS) is 11.6. The fourth-order valence-corrected chi connectivity index (χ4v) is 3.90. The van der Waals surface area contributed by atoms with Crippen LogP contribution in [0.2, 0.25) is 0 Å². The molecule has 0 saturated carbocycles. The first-order valence-corrected chi connectivity index (χ1v) is 10.1. The third-order valence-electron chi connectivity index (χ3n) is 5.52. The van der Waals surface area contributed by atoms with Gasteiger partial charge in [-0.2, -0.15) is 5.26 Å². The van der Waals surface area contributed by atoms with E-state index in [4.69, 9.17) is 9.47 Å². The van der Waals surface area contributed by atoms with Gasteiger partial charge in [-0.3, -0.25) is 9.55 Å². The van der Waals surface area contributed by atoms with E-state index in [0.717, 1.165) is 38.8 Å². The number of imidazole rings is 1. The maximum absolute atomic E-state index is 9.36.